The Hall–Kier alpha value is -0.940. The third kappa shape index (κ3) is 2.80. The molecular formula is C11H20N4O. The maximum atomic E-state index is 5.67. The quantitative estimate of drug-likeness (QED) is 0.693. The Kier molecular flexibility index (Phi) is 3.90. The lowest BCUT2D eigenvalue weighted by Gasteiger charge is -2.07. The minimum Gasteiger partial charge on any atom is -0.380 e. The molecule has 1 aliphatic rings. The van der Waals surface area contributed by atoms with Gasteiger partial charge >= 0.3 is 0 Å². The van der Waals surface area contributed by atoms with Crippen LogP contribution in [0.3, 0.4) is 0 Å². The zero-order chi connectivity index (χ0) is 11.4. The Morgan fingerprint density at radius 2 is 2.31 bits per heavy atom. The lowest BCUT2D eigenvalue weighted by Crippen LogP contribution is -2.12. The SMILES string of the molecule is CCOCCn1nnc(CN)c1CC1CC1. The maximum absolute atomic E-state index is 5.67. The molecule has 0 aliphatic heterocycles. The van der Waals surface area contributed by atoms with Crippen LogP contribution in [-0.4, -0.2) is 28.2 Å². The summed E-state index contributed by atoms with van der Waals surface area (Å²) in [5, 5.41) is 8.27. The molecule has 5 nitrogen and oxygen atoms in total. The largest absolute Gasteiger partial charge is 0.380 e. The number of hydrogen-bond acceptors (Lipinski definition) is 4. The van der Waals surface area contributed by atoms with Crippen LogP contribution in [0.25, 0.3) is 0 Å². The lowest BCUT2D eigenvalue weighted by molar-refractivity contribution is 0.135. The van der Waals surface area contributed by atoms with Gasteiger partial charge in [0, 0.05) is 13.2 Å². The Morgan fingerprint density at radius 1 is 1.50 bits per heavy atom. The van der Waals surface area contributed by atoms with Crippen molar-refractivity contribution in [3.05, 3.63) is 11.4 Å². The molecule has 0 spiro atoms. The van der Waals surface area contributed by atoms with Crippen molar-refractivity contribution in [3.63, 3.8) is 0 Å². The molecule has 0 radical (unpaired) electrons. The van der Waals surface area contributed by atoms with Gasteiger partial charge in [-0.15, -0.1) is 5.10 Å². The second-order valence-corrected chi connectivity index (χ2v) is 4.25. The van der Waals surface area contributed by atoms with E-state index < -0.39 is 0 Å². The average Bonchev–Trinajstić information content (AvgIpc) is 3.02. The zero-order valence-corrected chi connectivity index (χ0v) is 9.85. The molecule has 2 N–H and O–H groups in total. The molecular weight excluding hydrogens is 204 g/mol. The first kappa shape index (κ1) is 11.5. The summed E-state index contributed by atoms with van der Waals surface area (Å²) in [7, 11) is 0. The van der Waals surface area contributed by atoms with E-state index >= 15 is 0 Å². The van der Waals surface area contributed by atoms with Gasteiger partial charge < -0.3 is 10.5 Å². The van der Waals surface area contributed by atoms with Crippen molar-refractivity contribution < 1.29 is 4.74 Å². The second kappa shape index (κ2) is 5.41. The van der Waals surface area contributed by atoms with E-state index in [4.69, 9.17) is 10.5 Å². The monoisotopic (exact) mass is 224 g/mol. The molecule has 1 heterocycles. The number of hydrogen-bond donors (Lipinski definition) is 1. The van der Waals surface area contributed by atoms with E-state index in [1.54, 1.807) is 0 Å². The first-order valence-corrected chi connectivity index (χ1v) is 6.04. The van der Waals surface area contributed by atoms with E-state index in [1.807, 2.05) is 11.6 Å². The van der Waals surface area contributed by atoms with Gasteiger partial charge in [0.25, 0.3) is 0 Å². The zero-order valence-electron chi connectivity index (χ0n) is 9.85. The summed E-state index contributed by atoms with van der Waals surface area (Å²) < 4.78 is 7.29. The Balaban J connectivity index is 2.00. The van der Waals surface area contributed by atoms with E-state index in [2.05, 4.69) is 10.3 Å². The number of ether oxygens (including phenoxy) is 1. The minimum atomic E-state index is 0.483. The van der Waals surface area contributed by atoms with Gasteiger partial charge in [-0.1, -0.05) is 5.21 Å². The van der Waals surface area contributed by atoms with Crippen LogP contribution in [0.15, 0.2) is 0 Å². The number of rotatable bonds is 7. The molecule has 2 rings (SSSR count). The molecule has 0 bridgehead atoms. The molecule has 1 fully saturated rings. The molecule has 0 saturated heterocycles. The highest BCUT2D eigenvalue weighted by Crippen LogP contribution is 2.33. The average molecular weight is 224 g/mol. The van der Waals surface area contributed by atoms with Crippen LogP contribution in [0.1, 0.15) is 31.2 Å². The lowest BCUT2D eigenvalue weighted by atomic mass is 10.2. The maximum Gasteiger partial charge on any atom is 0.0994 e. The van der Waals surface area contributed by atoms with Gasteiger partial charge in [0.15, 0.2) is 0 Å². The van der Waals surface area contributed by atoms with Crippen molar-refractivity contribution in [1.29, 1.82) is 0 Å². The van der Waals surface area contributed by atoms with E-state index in [-0.39, 0.29) is 0 Å². The third-order valence-electron chi connectivity index (χ3n) is 2.94. The van der Waals surface area contributed by atoms with Crippen molar-refractivity contribution >= 4 is 0 Å². The van der Waals surface area contributed by atoms with Crippen LogP contribution in [0.5, 0.6) is 0 Å². The van der Waals surface area contributed by atoms with Crippen molar-refractivity contribution in [2.45, 2.75) is 39.3 Å². The fraction of sp³-hybridized carbons (Fsp3) is 0.818. The first-order chi connectivity index (χ1) is 7.85. The van der Waals surface area contributed by atoms with Gasteiger partial charge in [0.1, 0.15) is 0 Å². The highest BCUT2D eigenvalue weighted by atomic mass is 16.5. The predicted molar refractivity (Wildman–Crippen MR) is 60.8 cm³/mol. The van der Waals surface area contributed by atoms with Gasteiger partial charge in [-0.05, 0) is 32.1 Å². The summed E-state index contributed by atoms with van der Waals surface area (Å²) in [6.07, 6.45) is 3.74. The van der Waals surface area contributed by atoms with E-state index in [0.29, 0.717) is 13.2 Å². The smallest absolute Gasteiger partial charge is 0.0994 e. The predicted octanol–water partition coefficient (Wildman–Crippen LogP) is 0.726. The Bertz CT molecular complexity index is 333. The number of nitrogens with zero attached hydrogens (tertiary/aromatic N) is 3. The summed E-state index contributed by atoms with van der Waals surface area (Å²) in [6.45, 7) is 4.70. The third-order valence-corrected chi connectivity index (χ3v) is 2.94. The molecule has 0 aromatic carbocycles. The van der Waals surface area contributed by atoms with E-state index in [9.17, 15) is 0 Å². The van der Waals surface area contributed by atoms with Crippen LogP contribution >= 0.6 is 0 Å². The summed E-state index contributed by atoms with van der Waals surface area (Å²) in [5.74, 6) is 0.828. The molecule has 16 heavy (non-hydrogen) atoms. The Labute approximate surface area is 96.0 Å². The standard InChI is InChI=1S/C11H20N4O/c1-2-16-6-5-15-11(7-9-3-4-9)10(8-12)13-14-15/h9H,2-8,12H2,1H3. The Morgan fingerprint density at radius 3 is 2.94 bits per heavy atom. The summed E-state index contributed by atoms with van der Waals surface area (Å²) >= 11 is 0. The van der Waals surface area contributed by atoms with Crippen LogP contribution in [-0.2, 0) is 24.2 Å². The number of nitrogens with two attached hydrogens (primary N) is 1. The molecule has 5 heteroatoms. The highest BCUT2D eigenvalue weighted by molar-refractivity contribution is 5.12. The van der Waals surface area contributed by atoms with Crippen molar-refractivity contribution in [1.82, 2.24) is 15.0 Å². The van der Waals surface area contributed by atoms with E-state index in [1.165, 1.54) is 18.5 Å². The van der Waals surface area contributed by atoms with Gasteiger partial charge in [-0.25, -0.2) is 4.68 Å². The number of aromatic nitrogens is 3. The van der Waals surface area contributed by atoms with Crippen LogP contribution in [0.4, 0.5) is 0 Å². The summed E-state index contributed by atoms with van der Waals surface area (Å²) in [4.78, 5) is 0. The van der Waals surface area contributed by atoms with Gasteiger partial charge in [0.05, 0.1) is 24.5 Å². The summed E-state index contributed by atoms with van der Waals surface area (Å²) in [5.41, 5.74) is 7.83. The van der Waals surface area contributed by atoms with Crippen LogP contribution < -0.4 is 5.73 Å². The van der Waals surface area contributed by atoms with Crippen molar-refractivity contribution in [3.8, 4) is 0 Å². The molecule has 1 aromatic heterocycles. The fourth-order valence-electron chi connectivity index (χ4n) is 1.82. The van der Waals surface area contributed by atoms with E-state index in [0.717, 1.165) is 31.2 Å². The molecule has 0 atom stereocenters. The molecule has 1 saturated carbocycles. The summed E-state index contributed by atoms with van der Waals surface area (Å²) in [6, 6.07) is 0. The highest BCUT2D eigenvalue weighted by Gasteiger charge is 2.25. The van der Waals surface area contributed by atoms with Crippen LogP contribution in [0, 0.1) is 5.92 Å². The normalized spacial score (nSPS) is 15.6. The second-order valence-electron chi connectivity index (χ2n) is 4.25. The molecule has 90 valence electrons. The molecule has 0 amide bonds. The molecule has 1 aromatic rings. The first-order valence-electron chi connectivity index (χ1n) is 6.04. The van der Waals surface area contributed by atoms with Crippen LogP contribution in [0.2, 0.25) is 0 Å². The van der Waals surface area contributed by atoms with Gasteiger partial charge in [0.2, 0.25) is 0 Å². The topological polar surface area (TPSA) is 66.0 Å². The minimum absolute atomic E-state index is 0.483. The van der Waals surface area contributed by atoms with Crippen molar-refractivity contribution in [2.24, 2.45) is 11.7 Å². The van der Waals surface area contributed by atoms with Crippen molar-refractivity contribution in [2.75, 3.05) is 13.2 Å². The fourth-order valence-corrected chi connectivity index (χ4v) is 1.82. The molecule has 1 aliphatic carbocycles. The van der Waals surface area contributed by atoms with Gasteiger partial charge in [-0.2, -0.15) is 0 Å². The molecule has 0 unspecified atom stereocenters. The van der Waals surface area contributed by atoms with Gasteiger partial charge in [-0.3, -0.25) is 0 Å².